The topological polar surface area (TPSA) is 73.5 Å². The van der Waals surface area contributed by atoms with Gasteiger partial charge < -0.3 is 14.5 Å². The number of hydrogen-bond acceptors (Lipinski definition) is 4. The molecule has 1 atom stereocenters. The van der Waals surface area contributed by atoms with E-state index in [2.05, 4.69) is 5.32 Å². The molecule has 0 fully saturated rings. The van der Waals surface area contributed by atoms with E-state index >= 15 is 0 Å². The first kappa shape index (κ1) is 20.5. The van der Waals surface area contributed by atoms with E-state index in [0.29, 0.717) is 30.7 Å². The summed E-state index contributed by atoms with van der Waals surface area (Å²) in [6.45, 7) is 2.69. The molecule has 0 aliphatic rings. The SMILES string of the molecule is CC(C(=O)NCCc1ccc(OCc2ccccc2)cc1)n1c(=O)oc2ccccc21. The molecule has 1 aromatic heterocycles. The van der Waals surface area contributed by atoms with E-state index in [0.717, 1.165) is 16.9 Å². The molecule has 0 bridgehead atoms. The van der Waals surface area contributed by atoms with E-state index in [1.807, 2.05) is 60.7 Å². The van der Waals surface area contributed by atoms with Crippen LogP contribution in [0.5, 0.6) is 5.75 Å². The second-order valence-electron chi connectivity index (χ2n) is 7.34. The van der Waals surface area contributed by atoms with Crippen LogP contribution in [0.3, 0.4) is 0 Å². The van der Waals surface area contributed by atoms with E-state index in [-0.39, 0.29) is 5.91 Å². The minimum Gasteiger partial charge on any atom is -0.489 e. The zero-order chi connectivity index (χ0) is 21.6. The van der Waals surface area contributed by atoms with Gasteiger partial charge in [-0.2, -0.15) is 0 Å². The number of carbonyl (C=O) groups excluding carboxylic acids is 1. The van der Waals surface area contributed by atoms with Crippen LogP contribution in [-0.2, 0) is 17.8 Å². The molecule has 0 spiro atoms. The van der Waals surface area contributed by atoms with Gasteiger partial charge in [-0.1, -0.05) is 54.6 Å². The molecule has 1 unspecified atom stereocenters. The highest BCUT2D eigenvalue weighted by atomic mass is 16.5. The number of benzene rings is 3. The number of amides is 1. The maximum Gasteiger partial charge on any atom is 0.420 e. The lowest BCUT2D eigenvalue weighted by molar-refractivity contribution is -0.123. The van der Waals surface area contributed by atoms with Crippen molar-refractivity contribution >= 4 is 17.0 Å². The third-order valence-electron chi connectivity index (χ3n) is 5.17. The summed E-state index contributed by atoms with van der Waals surface area (Å²) in [5.41, 5.74) is 3.29. The number of nitrogens with zero attached hydrogens (tertiary/aromatic N) is 1. The van der Waals surface area contributed by atoms with Crippen molar-refractivity contribution in [3.63, 3.8) is 0 Å². The lowest BCUT2D eigenvalue weighted by Crippen LogP contribution is -2.35. The zero-order valence-electron chi connectivity index (χ0n) is 17.3. The molecule has 0 saturated heterocycles. The van der Waals surface area contributed by atoms with Crippen LogP contribution in [0.4, 0.5) is 0 Å². The van der Waals surface area contributed by atoms with Crippen LogP contribution in [-0.4, -0.2) is 17.0 Å². The maximum absolute atomic E-state index is 12.6. The van der Waals surface area contributed by atoms with Crippen molar-refractivity contribution in [2.45, 2.75) is 26.0 Å². The van der Waals surface area contributed by atoms with Crippen LogP contribution in [0.1, 0.15) is 24.1 Å². The molecule has 31 heavy (non-hydrogen) atoms. The van der Waals surface area contributed by atoms with Gasteiger partial charge >= 0.3 is 5.76 Å². The summed E-state index contributed by atoms with van der Waals surface area (Å²) in [4.78, 5) is 24.7. The molecule has 1 amide bonds. The third-order valence-corrected chi connectivity index (χ3v) is 5.17. The van der Waals surface area contributed by atoms with Crippen molar-refractivity contribution in [1.29, 1.82) is 0 Å². The predicted molar refractivity (Wildman–Crippen MR) is 119 cm³/mol. The largest absolute Gasteiger partial charge is 0.489 e. The summed E-state index contributed by atoms with van der Waals surface area (Å²) in [6.07, 6.45) is 0.679. The van der Waals surface area contributed by atoms with Gasteiger partial charge in [0, 0.05) is 6.54 Å². The number of ether oxygens (including phenoxy) is 1. The van der Waals surface area contributed by atoms with Gasteiger partial charge in [0.25, 0.3) is 0 Å². The highest BCUT2D eigenvalue weighted by Crippen LogP contribution is 2.17. The summed E-state index contributed by atoms with van der Waals surface area (Å²) >= 11 is 0. The summed E-state index contributed by atoms with van der Waals surface area (Å²) in [5.74, 6) is 0.0443. The fourth-order valence-electron chi connectivity index (χ4n) is 3.44. The quantitative estimate of drug-likeness (QED) is 0.469. The Kier molecular flexibility index (Phi) is 6.17. The minimum absolute atomic E-state index is 0.225. The molecule has 0 saturated carbocycles. The average Bonchev–Trinajstić information content (AvgIpc) is 3.14. The Balaban J connectivity index is 1.29. The molecular weight excluding hydrogens is 392 g/mol. The summed E-state index contributed by atoms with van der Waals surface area (Å²) in [5, 5.41) is 2.90. The van der Waals surface area contributed by atoms with Gasteiger partial charge in [0.05, 0.1) is 5.52 Å². The molecule has 3 aromatic carbocycles. The molecule has 0 radical (unpaired) electrons. The lowest BCUT2D eigenvalue weighted by atomic mass is 10.1. The Hall–Kier alpha value is -3.80. The summed E-state index contributed by atoms with van der Waals surface area (Å²) in [6, 6.07) is 24.3. The molecule has 6 nitrogen and oxygen atoms in total. The van der Waals surface area contributed by atoms with E-state index < -0.39 is 11.8 Å². The minimum atomic E-state index is -0.662. The number of nitrogens with one attached hydrogen (secondary N) is 1. The summed E-state index contributed by atoms with van der Waals surface area (Å²) in [7, 11) is 0. The fourth-order valence-corrected chi connectivity index (χ4v) is 3.44. The Bertz CT molecular complexity index is 1210. The van der Waals surface area contributed by atoms with Crippen LogP contribution < -0.4 is 15.8 Å². The van der Waals surface area contributed by atoms with Gasteiger partial charge in [0.2, 0.25) is 5.91 Å². The number of aromatic nitrogens is 1. The Morgan fingerprint density at radius 1 is 0.968 bits per heavy atom. The molecule has 4 rings (SSSR count). The number of rotatable bonds is 8. The van der Waals surface area contributed by atoms with Gasteiger partial charge in [-0.15, -0.1) is 0 Å². The van der Waals surface area contributed by atoms with Crippen molar-refractivity contribution in [2.75, 3.05) is 6.54 Å². The van der Waals surface area contributed by atoms with Gasteiger partial charge in [0.15, 0.2) is 5.58 Å². The second kappa shape index (κ2) is 9.34. The van der Waals surface area contributed by atoms with Crippen LogP contribution >= 0.6 is 0 Å². The molecule has 6 heteroatoms. The molecule has 0 aliphatic heterocycles. The Morgan fingerprint density at radius 3 is 2.45 bits per heavy atom. The molecule has 4 aromatic rings. The smallest absolute Gasteiger partial charge is 0.420 e. The van der Waals surface area contributed by atoms with E-state index in [4.69, 9.17) is 9.15 Å². The standard InChI is InChI=1S/C25H24N2O4/c1-18(27-22-9-5-6-10-23(22)31-25(27)29)24(28)26-16-15-19-11-13-21(14-12-19)30-17-20-7-3-2-4-8-20/h2-14,18H,15-17H2,1H3,(H,26,28). The molecule has 1 N–H and O–H groups in total. The second-order valence-corrected chi connectivity index (χ2v) is 7.34. The summed E-state index contributed by atoms with van der Waals surface area (Å²) < 4.78 is 12.4. The highest BCUT2D eigenvalue weighted by molar-refractivity contribution is 5.82. The molecule has 1 heterocycles. The number of para-hydroxylation sites is 2. The maximum atomic E-state index is 12.6. The van der Waals surface area contributed by atoms with E-state index in [1.165, 1.54) is 4.57 Å². The van der Waals surface area contributed by atoms with E-state index in [9.17, 15) is 9.59 Å². The van der Waals surface area contributed by atoms with Crippen LogP contribution in [0.25, 0.3) is 11.1 Å². The van der Waals surface area contributed by atoms with Gasteiger partial charge in [-0.25, -0.2) is 4.79 Å². The normalized spacial score (nSPS) is 11.9. The first-order valence-corrected chi connectivity index (χ1v) is 10.3. The lowest BCUT2D eigenvalue weighted by Gasteiger charge is -2.13. The van der Waals surface area contributed by atoms with Crippen molar-refractivity contribution in [3.05, 3.63) is 101 Å². The number of oxazole rings is 1. The van der Waals surface area contributed by atoms with Crippen molar-refractivity contribution < 1.29 is 13.9 Å². The molecule has 0 aliphatic carbocycles. The fraction of sp³-hybridized carbons (Fsp3) is 0.200. The first-order valence-electron chi connectivity index (χ1n) is 10.3. The first-order chi connectivity index (χ1) is 15.1. The third kappa shape index (κ3) is 4.86. The van der Waals surface area contributed by atoms with Crippen LogP contribution in [0, 0.1) is 0 Å². The average molecular weight is 416 g/mol. The number of carbonyl (C=O) groups is 1. The van der Waals surface area contributed by atoms with Crippen molar-refractivity contribution in [1.82, 2.24) is 9.88 Å². The Morgan fingerprint density at radius 2 is 1.68 bits per heavy atom. The number of fused-ring (bicyclic) bond motifs is 1. The van der Waals surface area contributed by atoms with Gasteiger partial charge in [-0.05, 0) is 48.7 Å². The zero-order valence-corrected chi connectivity index (χ0v) is 17.3. The van der Waals surface area contributed by atoms with Crippen molar-refractivity contribution in [2.24, 2.45) is 0 Å². The Labute approximate surface area is 180 Å². The van der Waals surface area contributed by atoms with Gasteiger partial charge in [-0.3, -0.25) is 9.36 Å². The monoisotopic (exact) mass is 416 g/mol. The van der Waals surface area contributed by atoms with Crippen LogP contribution in [0.15, 0.2) is 88.1 Å². The molecule has 158 valence electrons. The highest BCUT2D eigenvalue weighted by Gasteiger charge is 2.20. The van der Waals surface area contributed by atoms with Crippen molar-refractivity contribution in [3.8, 4) is 5.75 Å². The number of hydrogen-bond donors (Lipinski definition) is 1. The molecular formula is C25H24N2O4. The van der Waals surface area contributed by atoms with Gasteiger partial charge in [0.1, 0.15) is 18.4 Å². The van der Waals surface area contributed by atoms with E-state index in [1.54, 1.807) is 25.1 Å². The predicted octanol–water partition coefficient (Wildman–Crippen LogP) is 4.09. The van der Waals surface area contributed by atoms with Crippen LogP contribution in [0.2, 0.25) is 0 Å².